The van der Waals surface area contributed by atoms with Gasteiger partial charge < -0.3 is 0 Å². The third kappa shape index (κ3) is 3.92. The molecule has 0 N–H and O–H groups in total. The Balaban J connectivity index is 0.000000138. The Bertz CT molecular complexity index is 933. The van der Waals surface area contributed by atoms with E-state index in [0.717, 1.165) is 12.8 Å². The molecule has 0 aliphatic heterocycles. The van der Waals surface area contributed by atoms with Gasteiger partial charge in [0.2, 0.25) is 0 Å². The van der Waals surface area contributed by atoms with Gasteiger partial charge in [-0.2, -0.15) is 0 Å². The third-order valence-electron chi connectivity index (χ3n) is 5.52. The van der Waals surface area contributed by atoms with Gasteiger partial charge in [0.15, 0.2) is 0 Å². The average molecular weight is 363 g/mol. The minimum absolute atomic E-state index is 0.535. The lowest BCUT2D eigenvalue weighted by Crippen LogP contribution is -1.98. The molecule has 0 heterocycles. The van der Waals surface area contributed by atoms with Gasteiger partial charge in [-0.05, 0) is 46.2 Å². The van der Waals surface area contributed by atoms with E-state index in [1.165, 1.54) is 33.4 Å². The normalized spacial score (nSPS) is 11.4. The third-order valence-corrected chi connectivity index (χ3v) is 5.52. The predicted octanol–water partition coefficient (Wildman–Crippen LogP) is 7.49. The first-order valence-electron chi connectivity index (χ1n) is 10.1. The van der Waals surface area contributed by atoms with E-state index >= 15 is 0 Å². The van der Waals surface area contributed by atoms with E-state index in [1.807, 2.05) is 0 Å². The van der Waals surface area contributed by atoms with Gasteiger partial charge in [0.05, 0.1) is 0 Å². The van der Waals surface area contributed by atoms with Crippen LogP contribution in [0.15, 0.2) is 109 Å². The largest absolute Gasteiger partial charge is 0.0645 e. The van der Waals surface area contributed by atoms with Crippen molar-refractivity contribution in [3.8, 4) is 11.1 Å². The molecular formula is C28H26. The van der Waals surface area contributed by atoms with E-state index in [2.05, 4.69) is 116 Å². The maximum absolute atomic E-state index is 2.24. The lowest BCUT2D eigenvalue weighted by Gasteiger charge is -2.15. The van der Waals surface area contributed by atoms with Crippen LogP contribution in [0.4, 0.5) is 0 Å². The maximum atomic E-state index is 2.24. The predicted molar refractivity (Wildman–Crippen MR) is 120 cm³/mol. The Morgan fingerprint density at radius 2 is 0.929 bits per heavy atom. The highest BCUT2D eigenvalue weighted by atomic mass is 14.2. The van der Waals surface area contributed by atoms with E-state index < -0.39 is 0 Å². The van der Waals surface area contributed by atoms with Crippen molar-refractivity contribution in [1.82, 2.24) is 0 Å². The summed E-state index contributed by atoms with van der Waals surface area (Å²) >= 11 is 0. The van der Waals surface area contributed by atoms with Crippen molar-refractivity contribution < 1.29 is 0 Å². The SMILES string of the molecule is CCC(c1ccccc1)c1ccccc1.c1ccc2c(c1)Cc1ccccc1-2. The topological polar surface area (TPSA) is 0 Å². The van der Waals surface area contributed by atoms with Crippen LogP contribution >= 0.6 is 0 Å². The summed E-state index contributed by atoms with van der Waals surface area (Å²) in [7, 11) is 0. The van der Waals surface area contributed by atoms with Crippen molar-refractivity contribution in [1.29, 1.82) is 0 Å². The summed E-state index contributed by atoms with van der Waals surface area (Å²) in [6, 6.07) is 38.7. The van der Waals surface area contributed by atoms with E-state index in [9.17, 15) is 0 Å². The van der Waals surface area contributed by atoms with Crippen LogP contribution in [0.3, 0.4) is 0 Å². The van der Waals surface area contributed by atoms with Crippen LogP contribution in [0.25, 0.3) is 11.1 Å². The summed E-state index contributed by atoms with van der Waals surface area (Å²) in [6.45, 7) is 2.24. The van der Waals surface area contributed by atoms with E-state index in [4.69, 9.17) is 0 Å². The van der Waals surface area contributed by atoms with Crippen molar-refractivity contribution in [2.24, 2.45) is 0 Å². The van der Waals surface area contributed by atoms with E-state index in [-0.39, 0.29) is 0 Å². The second-order valence-corrected chi connectivity index (χ2v) is 7.27. The minimum atomic E-state index is 0.535. The molecule has 28 heavy (non-hydrogen) atoms. The van der Waals surface area contributed by atoms with Gasteiger partial charge in [-0.3, -0.25) is 0 Å². The van der Waals surface area contributed by atoms with Gasteiger partial charge in [-0.15, -0.1) is 0 Å². The molecule has 4 aromatic carbocycles. The van der Waals surface area contributed by atoms with Gasteiger partial charge in [-0.25, -0.2) is 0 Å². The molecule has 0 saturated carbocycles. The van der Waals surface area contributed by atoms with Gasteiger partial charge in [-0.1, -0.05) is 116 Å². The lowest BCUT2D eigenvalue weighted by atomic mass is 9.89. The molecule has 1 aliphatic rings. The second-order valence-electron chi connectivity index (χ2n) is 7.27. The molecule has 0 fully saturated rings. The van der Waals surface area contributed by atoms with Crippen LogP contribution < -0.4 is 0 Å². The summed E-state index contributed by atoms with van der Waals surface area (Å²) in [4.78, 5) is 0. The zero-order valence-corrected chi connectivity index (χ0v) is 16.4. The first-order valence-corrected chi connectivity index (χ1v) is 10.1. The van der Waals surface area contributed by atoms with Crippen LogP contribution in [0.2, 0.25) is 0 Å². The molecule has 0 bridgehead atoms. The number of hydrogen-bond donors (Lipinski definition) is 0. The molecule has 0 saturated heterocycles. The fourth-order valence-electron chi connectivity index (χ4n) is 4.11. The number of fused-ring (bicyclic) bond motifs is 3. The fraction of sp³-hybridized carbons (Fsp3) is 0.143. The molecule has 0 nitrogen and oxygen atoms in total. The van der Waals surface area contributed by atoms with E-state index in [0.29, 0.717) is 5.92 Å². The van der Waals surface area contributed by atoms with Crippen LogP contribution in [0, 0.1) is 0 Å². The van der Waals surface area contributed by atoms with Gasteiger partial charge in [0.25, 0.3) is 0 Å². The molecular weight excluding hydrogens is 336 g/mol. The Labute approximate surface area is 168 Å². The number of hydrogen-bond acceptors (Lipinski definition) is 0. The van der Waals surface area contributed by atoms with Crippen LogP contribution in [-0.2, 0) is 6.42 Å². The first-order chi connectivity index (χ1) is 13.9. The Morgan fingerprint density at radius 3 is 1.36 bits per heavy atom. The van der Waals surface area contributed by atoms with Crippen molar-refractivity contribution in [2.45, 2.75) is 25.7 Å². The Morgan fingerprint density at radius 1 is 0.536 bits per heavy atom. The maximum Gasteiger partial charge on any atom is 0.00867 e. The van der Waals surface area contributed by atoms with Crippen LogP contribution in [0.1, 0.15) is 41.5 Å². The molecule has 0 heteroatoms. The molecule has 4 aromatic rings. The smallest absolute Gasteiger partial charge is 0.00867 e. The van der Waals surface area contributed by atoms with E-state index in [1.54, 1.807) is 0 Å². The zero-order chi connectivity index (χ0) is 19.2. The molecule has 0 radical (unpaired) electrons. The van der Waals surface area contributed by atoms with Crippen molar-refractivity contribution >= 4 is 0 Å². The molecule has 0 amide bonds. The molecule has 0 spiro atoms. The summed E-state index contributed by atoms with van der Waals surface area (Å²) in [5.74, 6) is 0.535. The van der Waals surface area contributed by atoms with Crippen molar-refractivity contribution in [3.63, 3.8) is 0 Å². The van der Waals surface area contributed by atoms with Gasteiger partial charge >= 0.3 is 0 Å². The van der Waals surface area contributed by atoms with Crippen molar-refractivity contribution in [2.75, 3.05) is 0 Å². The highest BCUT2D eigenvalue weighted by molar-refractivity contribution is 5.76. The standard InChI is InChI=1S/C15H16.C13H10/c1-2-15(13-9-5-3-6-10-13)14-11-7-4-8-12-14;1-3-7-12-10(5-1)9-11-6-2-4-8-13(11)12/h3-12,15H,2H2,1H3;1-8H,9H2. The quantitative estimate of drug-likeness (QED) is 0.312. The van der Waals surface area contributed by atoms with Gasteiger partial charge in [0, 0.05) is 5.92 Å². The lowest BCUT2D eigenvalue weighted by molar-refractivity contribution is 0.777. The highest BCUT2D eigenvalue weighted by Gasteiger charge is 2.15. The average Bonchev–Trinajstić information content (AvgIpc) is 3.15. The van der Waals surface area contributed by atoms with Crippen molar-refractivity contribution in [3.05, 3.63) is 131 Å². The summed E-state index contributed by atoms with van der Waals surface area (Å²) < 4.78 is 0. The molecule has 0 unspecified atom stereocenters. The minimum Gasteiger partial charge on any atom is -0.0645 e. The molecule has 0 aromatic heterocycles. The molecule has 5 rings (SSSR count). The first kappa shape index (κ1) is 18.3. The van der Waals surface area contributed by atoms with Crippen LogP contribution in [-0.4, -0.2) is 0 Å². The fourth-order valence-corrected chi connectivity index (χ4v) is 4.11. The molecule has 0 atom stereocenters. The second kappa shape index (κ2) is 8.71. The summed E-state index contributed by atoms with van der Waals surface area (Å²) in [5, 5.41) is 0. The summed E-state index contributed by atoms with van der Waals surface area (Å²) in [6.07, 6.45) is 2.25. The molecule has 138 valence electrons. The van der Waals surface area contributed by atoms with Crippen LogP contribution in [0.5, 0.6) is 0 Å². The number of rotatable bonds is 3. The van der Waals surface area contributed by atoms with Gasteiger partial charge in [0.1, 0.15) is 0 Å². The molecule has 1 aliphatic carbocycles. The highest BCUT2D eigenvalue weighted by Crippen LogP contribution is 2.35. The Kier molecular flexibility index (Phi) is 5.68. The Hall–Kier alpha value is -3.12. The monoisotopic (exact) mass is 362 g/mol. The zero-order valence-electron chi connectivity index (χ0n) is 16.4. The summed E-state index contributed by atoms with van der Waals surface area (Å²) in [5.41, 5.74) is 8.57. The number of benzene rings is 4.